The normalized spacial score (nSPS) is 16.4. The molecule has 8 heteroatoms. The Kier molecular flexibility index (Phi) is 8.06. The van der Waals surface area contributed by atoms with Crippen LogP contribution in [0, 0.1) is 0 Å². The molecule has 1 N–H and O–H groups in total. The van der Waals surface area contributed by atoms with E-state index in [9.17, 15) is 9.59 Å². The molecule has 0 spiro atoms. The van der Waals surface area contributed by atoms with E-state index in [1.54, 1.807) is 0 Å². The van der Waals surface area contributed by atoms with Gasteiger partial charge >= 0.3 is 5.97 Å². The lowest BCUT2D eigenvalue weighted by Crippen LogP contribution is -2.38. The number of fused-ring (bicyclic) bond motifs is 2. The van der Waals surface area contributed by atoms with E-state index < -0.39 is 0 Å². The van der Waals surface area contributed by atoms with Crippen LogP contribution in [0.3, 0.4) is 0 Å². The van der Waals surface area contributed by atoms with Crippen LogP contribution in [0.2, 0.25) is 5.02 Å². The van der Waals surface area contributed by atoms with Crippen molar-refractivity contribution in [1.29, 1.82) is 0 Å². The van der Waals surface area contributed by atoms with Gasteiger partial charge in [0.2, 0.25) is 11.9 Å². The molecule has 34 heavy (non-hydrogen) atoms. The number of carbonyl (C=O) groups excluding carboxylic acids is 2. The van der Waals surface area contributed by atoms with Gasteiger partial charge in [-0.05, 0) is 30.5 Å². The molecule has 0 bridgehead atoms. The molecule has 7 nitrogen and oxygen atoms in total. The number of carbonyl (C=O) groups is 2. The predicted molar refractivity (Wildman–Crippen MR) is 131 cm³/mol. The Morgan fingerprint density at radius 1 is 1.09 bits per heavy atom. The summed E-state index contributed by atoms with van der Waals surface area (Å²) in [6, 6.07) is 13.4. The average Bonchev–Trinajstić information content (AvgIpc) is 3.12. The minimum Gasteiger partial charge on any atom is -0.492 e. The maximum atomic E-state index is 12.7. The number of ether oxygens (including phenoxy) is 2. The predicted octanol–water partition coefficient (Wildman–Crippen LogP) is 4.78. The number of guanidine groups is 1. The monoisotopic (exact) mass is 483 g/mol. The van der Waals surface area contributed by atoms with Gasteiger partial charge in [0.25, 0.3) is 0 Å². The lowest BCUT2D eigenvalue weighted by molar-refractivity contribution is -0.141. The van der Waals surface area contributed by atoms with Crippen LogP contribution in [0.1, 0.15) is 50.2 Å². The Hall–Kier alpha value is -3.06. The highest BCUT2D eigenvalue weighted by atomic mass is 35.5. The van der Waals surface area contributed by atoms with Gasteiger partial charge in [0.15, 0.2) is 0 Å². The fourth-order valence-corrected chi connectivity index (χ4v) is 4.52. The molecule has 2 aromatic rings. The third-order valence-electron chi connectivity index (χ3n) is 6.05. The molecule has 2 aromatic carbocycles. The Balaban J connectivity index is 1.31. The number of nitrogens with one attached hydrogen (secondary N) is 1. The third-order valence-corrected chi connectivity index (χ3v) is 6.46. The fourth-order valence-electron chi connectivity index (χ4n) is 4.25. The van der Waals surface area contributed by atoms with Gasteiger partial charge in [0.1, 0.15) is 11.8 Å². The highest BCUT2D eigenvalue weighted by Gasteiger charge is 2.39. The summed E-state index contributed by atoms with van der Waals surface area (Å²) in [7, 11) is 0. The molecular weight excluding hydrogens is 454 g/mol. The Morgan fingerprint density at radius 2 is 1.82 bits per heavy atom. The van der Waals surface area contributed by atoms with Gasteiger partial charge in [-0.25, -0.2) is 4.99 Å². The number of aliphatic imine (C=N–C) groups is 1. The number of nitrogens with zero attached hydrogens (tertiary/aromatic N) is 2. The Labute approximate surface area is 205 Å². The molecule has 0 radical (unpaired) electrons. The number of esters is 1. The van der Waals surface area contributed by atoms with E-state index in [4.69, 9.17) is 21.1 Å². The average molecular weight is 484 g/mol. The first-order valence-electron chi connectivity index (χ1n) is 11.8. The number of hydrogen-bond donors (Lipinski definition) is 1. The molecule has 1 unspecified atom stereocenters. The quantitative estimate of drug-likeness (QED) is 0.367. The highest BCUT2D eigenvalue weighted by molar-refractivity contribution is 6.33. The van der Waals surface area contributed by atoms with E-state index >= 15 is 0 Å². The van der Waals surface area contributed by atoms with E-state index in [1.165, 1.54) is 6.92 Å². The second-order valence-electron chi connectivity index (χ2n) is 8.59. The number of halogens is 1. The first kappa shape index (κ1) is 24.1. The van der Waals surface area contributed by atoms with Crippen molar-refractivity contribution in [3.8, 4) is 5.75 Å². The molecule has 2 heterocycles. The standard InChI is InChI=1S/C26H30ClN3O4/c1-18(31)33-14-8-3-2-4-9-15-34-23-13-12-21-20(24(23)27)17-30-22(25(32)29-26(30)28-21)16-19-10-6-5-7-11-19/h5-7,10-13,22H,2-4,8-9,14-17H2,1H3,(H,28,29,32). The minimum absolute atomic E-state index is 0.0455. The Morgan fingerprint density at radius 3 is 2.59 bits per heavy atom. The van der Waals surface area contributed by atoms with Crippen LogP contribution in [0.25, 0.3) is 0 Å². The molecule has 1 atom stereocenters. The van der Waals surface area contributed by atoms with E-state index in [0.29, 0.717) is 42.9 Å². The molecule has 2 aliphatic heterocycles. The third kappa shape index (κ3) is 5.89. The summed E-state index contributed by atoms with van der Waals surface area (Å²) in [6.45, 7) is 3.00. The first-order chi connectivity index (χ1) is 16.5. The van der Waals surface area contributed by atoms with E-state index in [0.717, 1.165) is 48.9 Å². The number of amides is 1. The summed E-state index contributed by atoms with van der Waals surface area (Å²) < 4.78 is 10.9. The molecule has 180 valence electrons. The summed E-state index contributed by atoms with van der Waals surface area (Å²) in [6.07, 6.45) is 5.55. The van der Waals surface area contributed by atoms with Gasteiger partial charge in [-0.15, -0.1) is 0 Å². The van der Waals surface area contributed by atoms with Crippen molar-refractivity contribution in [3.63, 3.8) is 0 Å². The molecule has 0 aliphatic carbocycles. The van der Waals surface area contributed by atoms with Crippen molar-refractivity contribution in [1.82, 2.24) is 10.2 Å². The smallest absolute Gasteiger partial charge is 0.302 e. The van der Waals surface area contributed by atoms with Crippen LogP contribution in [0.15, 0.2) is 47.5 Å². The lowest BCUT2D eigenvalue weighted by atomic mass is 10.0. The summed E-state index contributed by atoms with van der Waals surface area (Å²) in [5.74, 6) is 0.955. The molecule has 1 fully saturated rings. The molecule has 0 saturated carbocycles. The summed E-state index contributed by atoms with van der Waals surface area (Å²) in [5.41, 5.74) is 2.74. The Bertz CT molecular complexity index is 1060. The van der Waals surface area contributed by atoms with Gasteiger partial charge in [0.05, 0.1) is 30.5 Å². The second kappa shape index (κ2) is 11.4. The van der Waals surface area contributed by atoms with Crippen molar-refractivity contribution in [2.45, 2.75) is 58.0 Å². The van der Waals surface area contributed by atoms with E-state index in [1.807, 2.05) is 47.4 Å². The van der Waals surface area contributed by atoms with Crippen molar-refractivity contribution in [2.75, 3.05) is 13.2 Å². The second-order valence-corrected chi connectivity index (χ2v) is 8.97. The maximum absolute atomic E-state index is 12.7. The molecule has 1 amide bonds. The minimum atomic E-state index is -0.323. The van der Waals surface area contributed by atoms with Gasteiger partial charge in [0, 0.05) is 18.9 Å². The zero-order valence-corrected chi connectivity index (χ0v) is 20.1. The zero-order valence-electron chi connectivity index (χ0n) is 19.4. The van der Waals surface area contributed by atoms with Crippen molar-refractivity contribution in [2.24, 2.45) is 4.99 Å². The number of unbranched alkanes of at least 4 members (excludes halogenated alkanes) is 4. The van der Waals surface area contributed by atoms with Crippen LogP contribution in [-0.4, -0.2) is 42.0 Å². The lowest BCUT2D eigenvalue weighted by Gasteiger charge is -2.29. The summed E-state index contributed by atoms with van der Waals surface area (Å²) in [4.78, 5) is 30.0. The molecule has 1 saturated heterocycles. The van der Waals surface area contributed by atoms with Crippen molar-refractivity contribution < 1.29 is 19.1 Å². The fraction of sp³-hybridized carbons (Fsp3) is 0.423. The first-order valence-corrected chi connectivity index (χ1v) is 12.2. The molecule has 0 aromatic heterocycles. The van der Waals surface area contributed by atoms with E-state index in [2.05, 4.69) is 10.3 Å². The van der Waals surface area contributed by atoms with Crippen LogP contribution in [0.5, 0.6) is 5.75 Å². The highest BCUT2D eigenvalue weighted by Crippen LogP contribution is 2.39. The number of benzene rings is 2. The summed E-state index contributed by atoms with van der Waals surface area (Å²) in [5, 5.41) is 3.47. The number of rotatable bonds is 11. The van der Waals surface area contributed by atoms with Crippen LogP contribution in [-0.2, 0) is 27.3 Å². The van der Waals surface area contributed by atoms with Crippen LogP contribution in [0.4, 0.5) is 5.69 Å². The van der Waals surface area contributed by atoms with Crippen LogP contribution >= 0.6 is 11.6 Å². The van der Waals surface area contributed by atoms with Gasteiger partial charge in [-0.2, -0.15) is 0 Å². The van der Waals surface area contributed by atoms with Gasteiger partial charge in [-0.1, -0.05) is 61.2 Å². The zero-order chi connectivity index (χ0) is 23.9. The summed E-state index contributed by atoms with van der Waals surface area (Å²) >= 11 is 6.72. The molecular formula is C26H30ClN3O4. The van der Waals surface area contributed by atoms with Crippen LogP contribution < -0.4 is 10.1 Å². The van der Waals surface area contributed by atoms with Crippen molar-refractivity contribution in [3.05, 3.63) is 58.6 Å². The van der Waals surface area contributed by atoms with Crippen molar-refractivity contribution >= 4 is 35.1 Å². The molecule has 4 rings (SSSR count). The van der Waals surface area contributed by atoms with Gasteiger partial charge in [-0.3, -0.25) is 14.9 Å². The van der Waals surface area contributed by atoms with E-state index in [-0.39, 0.29) is 17.9 Å². The topological polar surface area (TPSA) is 80.2 Å². The maximum Gasteiger partial charge on any atom is 0.302 e. The molecule has 2 aliphatic rings. The SMILES string of the molecule is CC(=O)OCCCCCCCOc1ccc2c(c1Cl)CN1C(=N2)NC(=O)C1Cc1ccccc1. The number of hydrogen-bond acceptors (Lipinski definition) is 6. The van der Waals surface area contributed by atoms with Gasteiger partial charge < -0.3 is 14.4 Å². The largest absolute Gasteiger partial charge is 0.492 e.